The Morgan fingerprint density at radius 3 is 2.56 bits per heavy atom. The van der Waals surface area contributed by atoms with Gasteiger partial charge in [-0.3, -0.25) is 0 Å². The van der Waals surface area contributed by atoms with Crippen LogP contribution in [0.5, 0.6) is 11.5 Å². The Hall–Kier alpha value is -2.54. The van der Waals surface area contributed by atoms with Gasteiger partial charge in [-0.1, -0.05) is 0 Å². The molecule has 3 N–H and O–H groups in total. The number of benzene rings is 2. The quantitative estimate of drug-likeness (QED) is 0.410. The first kappa shape index (κ1) is 20.5. The molecule has 8 heteroatoms. The molecule has 0 fully saturated rings. The molecule has 0 atom stereocenters. The molecule has 0 spiro atoms. The molecule has 6 nitrogen and oxygen atoms in total. The Balaban J connectivity index is 0.00000312. The first-order valence-corrected chi connectivity index (χ1v) is 7.05. The van der Waals surface area contributed by atoms with E-state index in [-0.39, 0.29) is 36.5 Å². The summed E-state index contributed by atoms with van der Waals surface area (Å²) in [7, 11) is 3.08. The number of guanidine groups is 1. The van der Waals surface area contributed by atoms with Gasteiger partial charge < -0.3 is 20.5 Å². The lowest BCUT2D eigenvalue weighted by Crippen LogP contribution is -2.22. The van der Waals surface area contributed by atoms with Crippen molar-refractivity contribution in [2.45, 2.75) is 6.54 Å². The van der Waals surface area contributed by atoms with E-state index in [0.29, 0.717) is 28.3 Å². The van der Waals surface area contributed by atoms with Crippen molar-refractivity contribution in [2.75, 3.05) is 19.5 Å². The fourth-order valence-electron chi connectivity index (χ4n) is 2.04. The number of methoxy groups -OCH3 is 2. The highest BCUT2D eigenvalue weighted by Crippen LogP contribution is 2.29. The van der Waals surface area contributed by atoms with Crippen LogP contribution in [-0.2, 0) is 6.54 Å². The van der Waals surface area contributed by atoms with Crippen molar-refractivity contribution in [3.63, 3.8) is 0 Å². The highest BCUT2D eigenvalue weighted by atomic mass is 127. The molecule has 0 radical (unpaired) electrons. The van der Waals surface area contributed by atoms with E-state index >= 15 is 0 Å². The number of nitrogens with one attached hydrogen (secondary N) is 1. The lowest BCUT2D eigenvalue weighted by atomic mass is 10.1. The van der Waals surface area contributed by atoms with Crippen molar-refractivity contribution in [1.29, 1.82) is 5.26 Å². The fraction of sp³-hybridized carbons (Fsp3) is 0.176. The Kier molecular flexibility index (Phi) is 7.94. The summed E-state index contributed by atoms with van der Waals surface area (Å²) in [5, 5.41) is 11.7. The minimum absolute atomic E-state index is 0. The predicted molar refractivity (Wildman–Crippen MR) is 105 cm³/mol. The second-order valence-electron chi connectivity index (χ2n) is 4.81. The van der Waals surface area contributed by atoms with Crippen molar-refractivity contribution >= 4 is 35.6 Å². The van der Waals surface area contributed by atoms with Crippen molar-refractivity contribution in [3.05, 3.63) is 53.3 Å². The van der Waals surface area contributed by atoms with E-state index in [9.17, 15) is 4.39 Å². The van der Waals surface area contributed by atoms with Gasteiger partial charge in [-0.05, 0) is 30.3 Å². The van der Waals surface area contributed by atoms with Gasteiger partial charge >= 0.3 is 0 Å². The Morgan fingerprint density at radius 1 is 1.20 bits per heavy atom. The summed E-state index contributed by atoms with van der Waals surface area (Å²) in [5.74, 6) is 0.817. The van der Waals surface area contributed by atoms with Gasteiger partial charge in [0.2, 0.25) is 0 Å². The number of hydrogen-bond donors (Lipinski definition) is 2. The van der Waals surface area contributed by atoms with Crippen molar-refractivity contribution in [3.8, 4) is 17.6 Å². The van der Waals surface area contributed by atoms with E-state index in [2.05, 4.69) is 10.3 Å². The maximum absolute atomic E-state index is 13.7. The van der Waals surface area contributed by atoms with Crippen LogP contribution in [0.15, 0.2) is 41.4 Å². The average molecular weight is 456 g/mol. The lowest BCUT2D eigenvalue weighted by Gasteiger charge is -2.11. The van der Waals surface area contributed by atoms with Crippen LogP contribution in [0.2, 0.25) is 0 Å². The van der Waals surface area contributed by atoms with Gasteiger partial charge in [-0.2, -0.15) is 5.26 Å². The first-order chi connectivity index (χ1) is 11.6. The maximum atomic E-state index is 13.7. The summed E-state index contributed by atoms with van der Waals surface area (Å²) in [6.45, 7) is 0.0213. The van der Waals surface area contributed by atoms with Crippen LogP contribution in [0.3, 0.4) is 0 Å². The van der Waals surface area contributed by atoms with Gasteiger partial charge in [0, 0.05) is 17.3 Å². The molecule has 2 rings (SSSR count). The lowest BCUT2D eigenvalue weighted by molar-refractivity contribution is 0.355. The number of anilines is 1. The van der Waals surface area contributed by atoms with Gasteiger partial charge in [-0.15, -0.1) is 24.0 Å². The molecule has 0 aliphatic heterocycles. The third-order valence-corrected chi connectivity index (χ3v) is 3.25. The molecule has 0 aliphatic carbocycles. The summed E-state index contributed by atoms with van der Waals surface area (Å²) >= 11 is 0. The molecule has 0 amide bonds. The minimum Gasteiger partial charge on any atom is -0.493 e. The number of aliphatic imine (C=N–C) groups is 1. The zero-order valence-electron chi connectivity index (χ0n) is 13.7. The molecule has 2 aromatic carbocycles. The molecule has 0 heterocycles. The second kappa shape index (κ2) is 9.68. The van der Waals surface area contributed by atoms with Crippen LogP contribution in [0.25, 0.3) is 0 Å². The van der Waals surface area contributed by atoms with E-state index in [0.717, 1.165) is 0 Å². The van der Waals surface area contributed by atoms with Gasteiger partial charge in [0.25, 0.3) is 0 Å². The summed E-state index contributed by atoms with van der Waals surface area (Å²) in [6, 6.07) is 11.2. The SMILES string of the molecule is COc1ccc(NC(N)=NCc2cc(C#N)ccc2F)cc1OC.I. The molecule has 0 bridgehead atoms. The topological polar surface area (TPSA) is 92.7 Å². The van der Waals surface area contributed by atoms with Crippen LogP contribution in [0.1, 0.15) is 11.1 Å². The standard InChI is InChI=1S/C17H17FN4O2.HI/c1-23-15-6-4-13(8-16(15)24-2)22-17(20)21-10-12-7-11(9-19)3-5-14(12)18;/h3-8H,10H2,1-2H3,(H3,20,21,22);1H. The highest BCUT2D eigenvalue weighted by Gasteiger charge is 2.06. The van der Waals surface area contributed by atoms with Crippen molar-refractivity contribution < 1.29 is 13.9 Å². The zero-order valence-corrected chi connectivity index (χ0v) is 16.1. The van der Waals surface area contributed by atoms with E-state index in [4.69, 9.17) is 20.5 Å². The summed E-state index contributed by atoms with van der Waals surface area (Å²) in [6.07, 6.45) is 0. The number of nitrogens with zero attached hydrogens (tertiary/aromatic N) is 2. The Morgan fingerprint density at radius 2 is 1.92 bits per heavy atom. The molecular weight excluding hydrogens is 438 g/mol. The van der Waals surface area contributed by atoms with Crippen LogP contribution < -0.4 is 20.5 Å². The van der Waals surface area contributed by atoms with Crippen molar-refractivity contribution in [1.82, 2.24) is 0 Å². The minimum atomic E-state index is -0.434. The third-order valence-electron chi connectivity index (χ3n) is 3.25. The summed E-state index contributed by atoms with van der Waals surface area (Å²) in [5.41, 5.74) is 7.13. The van der Waals surface area contributed by atoms with E-state index in [1.54, 1.807) is 25.3 Å². The van der Waals surface area contributed by atoms with Gasteiger partial charge in [0.1, 0.15) is 5.82 Å². The number of ether oxygens (including phenoxy) is 2. The van der Waals surface area contributed by atoms with E-state index < -0.39 is 5.82 Å². The number of nitrogens with two attached hydrogens (primary N) is 1. The molecule has 0 saturated heterocycles. The normalized spacial score (nSPS) is 10.4. The molecule has 0 unspecified atom stereocenters. The predicted octanol–water partition coefficient (Wildman–Crippen LogP) is 3.26. The Bertz CT molecular complexity index is 806. The van der Waals surface area contributed by atoms with Gasteiger partial charge in [-0.25, -0.2) is 9.38 Å². The average Bonchev–Trinajstić information content (AvgIpc) is 2.60. The van der Waals surface area contributed by atoms with Crippen LogP contribution in [0, 0.1) is 17.1 Å². The molecule has 0 aliphatic rings. The summed E-state index contributed by atoms with van der Waals surface area (Å²) < 4.78 is 24.1. The molecule has 2 aromatic rings. The molecule has 0 saturated carbocycles. The van der Waals surface area contributed by atoms with Crippen LogP contribution in [-0.4, -0.2) is 20.2 Å². The smallest absolute Gasteiger partial charge is 0.193 e. The molecule has 132 valence electrons. The third kappa shape index (κ3) is 5.49. The largest absolute Gasteiger partial charge is 0.493 e. The van der Waals surface area contributed by atoms with Crippen LogP contribution >= 0.6 is 24.0 Å². The molecule has 25 heavy (non-hydrogen) atoms. The Labute approximate surface area is 162 Å². The van der Waals surface area contributed by atoms with E-state index in [1.165, 1.54) is 25.3 Å². The second-order valence-corrected chi connectivity index (χ2v) is 4.81. The first-order valence-electron chi connectivity index (χ1n) is 7.05. The monoisotopic (exact) mass is 456 g/mol. The number of rotatable bonds is 5. The van der Waals surface area contributed by atoms with Crippen LogP contribution in [0.4, 0.5) is 10.1 Å². The van der Waals surface area contributed by atoms with E-state index in [1.807, 2.05) is 6.07 Å². The number of nitriles is 1. The maximum Gasteiger partial charge on any atom is 0.193 e. The molecular formula is C17H18FIN4O2. The fourth-order valence-corrected chi connectivity index (χ4v) is 2.04. The zero-order chi connectivity index (χ0) is 17.5. The van der Waals surface area contributed by atoms with Gasteiger partial charge in [0.15, 0.2) is 17.5 Å². The summed E-state index contributed by atoms with van der Waals surface area (Å²) in [4.78, 5) is 4.09. The highest BCUT2D eigenvalue weighted by molar-refractivity contribution is 14.0. The van der Waals surface area contributed by atoms with Crippen molar-refractivity contribution in [2.24, 2.45) is 10.7 Å². The number of hydrogen-bond acceptors (Lipinski definition) is 4. The molecule has 0 aromatic heterocycles. The number of halogens is 2. The van der Waals surface area contributed by atoms with Gasteiger partial charge in [0.05, 0.1) is 32.4 Å².